The maximum Gasteiger partial charge on any atom is 0.193 e. The standard InChI is InChI=1S/C19H23N3OS/c1-20-19(22(2)12-10-17-7-5-13-24-17)21-11-9-16-14-15-6-3-4-8-18(15)23-16/h3-8,13-14H,9-12H2,1-2H3,(H,20,21). The largest absolute Gasteiger partial charge is 0.461 e. The molecule has 0 bridgehead atoms. The highest BCUT2D eigenvalue weighted by Gasteiger charge is 2.07. The smallest absolute Gasteiger partial charge is 0.193 e. The predicted molar refractivity (Wildman–Crippen MR) is 102 cm³/mol. The first-order valence-electron chi connectivity index (χ1n) is 8.18. The van der Waals surface area contributed by atoms with Crippen molar-refractivity contribution >= 4 is 28.3 Å². The Labute approximate surface area is 146 Å². The molecule has 2 aromatic heterocycles. The van der Waals surface area contributed by atoms with Gasteiger partial charge in [-0.2, -0.15) is 0 Å². The Morgan fingerprint density at radius 2 is 2.08 bits per heavy atom. The molecule has 3 aromatic rings. The highest BCUT2D eigenvalue weighted by molar-refractivity contribution is 7.09. The molecule has 0 radical (unpaired) electrons. The van der Waals surface area contributed by atoms with Crippen LogP contribution in [0, 0.1) is 0 Å². The van der Waals surface area contributed by atoms with Gasteiger partial charge in [-0.25, -0.2) is 0 Å². The second kappa shape index (κ2) is 8.02. The van der Waals surface area contributed by atoms with Crippen molar-refractivity contribution in [1.29, 1.82) is 0 Å². The molecule has 4 nitrogen and oxygen atoms in total. The van der Waals surface area contributed by atoms with Gasteiger partial charge in [0.15, 0.2) is 5.96 Å². The van der Waals surface area contributed by atoms with E-state index in [1.165, 1.54) is 4.88 Å². The summed E-state index contributed by atoms with van der Waals surface area (Å²) in [5.74, 6) is 1.92. The first-order chi connectivity index (χ1) is 11.8. The van der Waals surface area contributed by atoms with Crippen molar-refractivity contribution in [3.63, 3.8) is 0 Å². The summed E-state index contributed by atoms with van der Waals surface area (Å²) in [6.07, 6.45) is 1.88. The van der Waals surface area contributed by atoms with E-state index in [1.54, 1.807) is 11.3 Å². The third-order valence-corrected chi connectivity index (χ3v) is 4.91. The number of nitrogens with one attached hydrogen (secondary N) is 1. The number of guanidine groups is 1. The van der Waals surface area contributed by atoms with Crippen LogP contribution in [0.3, 0.4) is 0 Å². The summed E-state index contributed by atoms with van der Waals surface area (Å²) >= 11 is 1.80. The molecule has 0 saturated heterocycles. The van der Waals surface area contributed by atoms with Crippen LogP contribution in [0.25, 0.3) is 11.0 Å². The molecular formula is C19H23N3OS. The van der Waals surface area contributed by atoms with Gasteiger partial charge in [0, 0.05) is 43.9 Å². The monoisotopic (exact) mass is 341 g/mol. The Hall–Kier alpha value is -2.27. The molecule has 0 unspecified atom stereocenters. The number of furan rings is 1. The molecule has 24 heavy (non-hydrogen) atoms. The van der Waals surface area contributed by atoms with Crippen LogP contribution < -0.4 is 5.32 Å². The van der Waals surface area contributed by atoms with E-state index in [-0.39, 0.29) is 0 Å². The van der Waals surface area contributed by atoms with E-state index in [9.17, 15) is 0 Å². The van der Waals surface area contributed by atoms with E-state index >= 15 is 0 Å². The van der Waals surface area contributed by atoms with Gasteiger partial charge in [0.05, 0.1) is 0 Å². The second-order valence-corrected chi connectivity index (χ2v) is 6.76. The van der Waals surface area contributed by atoms with Gasteiger partial charge in [-0.1, -0.05) is 24.3 Å². The van der Waals surface area contributed by atoms with Crippen molar-refractivity contribution in [2.75, 3.05) is 27.2 Å². The summed E-state index contributed by atoms with van der Waals surface area (Å²) in [6, 6.07) is 14.5. The van der Waals surface area contributed by atoms with E-state index in [2.05, 4.69) is 51.9 Å². The molecule has 2 heterocycles. The zero-order valence-corrected chi connectivity index (χ0v) is 15.0. The van der Waals surface area contributed by atoms with Gasteiger partial charge in [0.25, 0.3) is 0 Å². The van der Waals surface area contributed by atoms with E-state index in [0.29, 0.717) is 0 Å². The van der Waals surface area contributed by atoms with Crippen LogP contribution in [0.4, 0.5) is 0 Å². The molecule has 0 fully saturated rings. The molecule has 0 aliphatic heterocycles. The number of fused-ring (bicyclic) bond motifs is 1. The number of hydrogen-bond donors (Lipinski definition) is 1. The third kappa shape index (κ3) is 4.17. The van der Waals surface area contributed by atoms with Crippen LogP contribution in [0.1, 0.15) is 10.6 Å². The first kappa shape index (κ1) is 16.6. The van der Waals surface area contributed by atoms with Crippen LogP contribution in [0.15, 0.2) is 57.3 Å². The number of nitrogens with zero attached hydrogens (tertiary/aromatic N) is 2. The number of para-hydroxylation sites is 1. The van der Waals surface area contributed by atoms with Gasteiger partial charge >= 0.3 is 0 Å². The quantitative estimate of drug-likeness (QED) is 0.548. The lowest BCUT2D eigenvalue weighted by atomic mass is 10.2. The summed E-state index contributed by atoms with van der Waals surface area (Å²) in [5.41, 5.74) is 0.949. The molecule has 0 spiro atoms. The molecule has 3 rings (SSSR count). The number of aliphatic imine (C=N–C) groups is 1. The molecule has 5 heteroatoms. The topological polar surface area (TPSA) is 40.8 Å². The van der Waals surface area contributed by atoms with Crippen LogP contribution in [0.5, 0.6) is 0 Å². The molecule has 0 saturated carbocycles. The molecular weight excluding hydrogens is 318 g/mol. The Balaban J connectivity index is 1.48. The number of benzene rings is 1. The van der Waals surface area contributed by atoms with E-state index in [0.717, 1.165) is 48.6 Å². The molecule has 1 aromatic carbocycles. The molecule has 0 amide bonds. The van der Waals surface area contributed by atoms with E-state index in [4.69, 9.17) is 4.42 Å². The van der Waals surface area contributed by atoms with E-state index < -0.39 is 0 Å². The molecule has 126 valence electrons. The van der Waals surface area contributed by atoms with Gasteiger partial charge in [-0.3, -0.25) is 4.99 Å². The van der Waals surface area contributed by atoms with Crippen molar-refractivity contribution in [2.24, 2.45) is 4.99 Å². The summed E-state index contributed by atoms with van der Waals surface area (Å²) < 4.78 is 5.85. The van der Waals surface area contributed by atoms with Crippen LogP contribution in [-0.2, 0) is 12.8 Å². The van der Waals surface area contributed by atoms with Crippen LogP contribution in [-0.4, -0.2) is 38.0 Å². The van der Waals surface area contributed by atoms with Gasteiger partial charge in [-0.15, -0.1) is 11.3 Å². The zero-order chi connectivity index (χ0) is 16.8. The SMILES string of the molecule is CN=C(NCCc1cc2ccccc2o1)N(C)CCc1cccs1. The Morgan fingerprint density at radius 3 is 2.83 bits per heavy atom. The third-order valence-electron chi connectivity index (χ3n) is 3.98. The van der Waals surface area contributed by atoms with Gasteiger partial charge < -0.3 is 14.6 Å². The number of rotatable bonds is 6. The summed E-state index contributed by atoms with van der Waals surface area (Å²) in [5, 5.41) is 6.69. The fraction of sp³-hybridized carbons (Fsp3) is 0.316. The molecule has 0 aliphatic rings. The van der Waals surface area contributed by atoms with Crippen LogP contribution in [0.2, 0.25) is 0 Å². The van der Waals surface area contributed by atoms with Gasteiger partial charge in [0.2, 0.25) is 0 Å². The van der Waals surface area contributed by atoms with Gasteiger partial charge in [-0.05, 0) is 30.0 Å². The molecule has 1 N–H and O–H groups in total. The molecule has 0 atom stereocenters. The lowest BCUT2D eigenvalue weighted by molar-refractivity contribution is 0.482. The highest BCUT2D eigenvalue weighted by atomic mass is 32.1. The van der Waals surface area contributed by atoms with Crippen molar-refractivity contribution < 1.29 is 4.42 Å². The zero-order valence-electron chi connectivity index (χ0n) is 14.2. The lowest BCUT2D eigenvalue weighted by Crippen LogP contribution is -2.40. The predicted octanol–water partition coefficient (Wildman–Crippen LogP) is 3.79. The Bertz CT molecular complexity index is 759. The Morgan fingerprint density at radius 1 is 1.21 bits per heavy atom. The summed E-state index contributed by atoms with van der Waals surface area (Å²) in [7, 11) is 3.90. The average Bonchev–Trinajstić information content (AvgIpc) is 3.25. The maximum atomic E-state index is 5.85. The van der Waals surface area contributed by atoms with Crippen molar-refractivity contribution in [3.05, 3.63) is 58.5 Å². The lowest BCUT2D eigenvalue weighted by Gasteiger charge is -2.21. The van der Waals surface area contributed by atoms with Crippen molar-refractivity contribution in [1.82, 2.24) is 10.2 Å². The fourth-order valence-corrected chi connectivity index (χ4v) is 3.38. The number of hydrogen-bond acceptors (Lipinski definition) is 3. The minimum atomic E-state index is 0.801. The van der Waals surface area contributed by atoms with Crippen LogP contribution >= 0.6 is 11.3 Å². The van der Waals surface area contributed by atoms with E-state index in [1.807, 2.05) is 25.2 Å². The Kier molecular flexibility index (Phi) is 5.54. The highest BCUT2D eigenvalue weighted by Crippen LogP contribution is 2.18. The average molecular weight is 341 g/mol. The first-order valence-corrected chi connectivity index (χ1v) is 9.06. The van der Waals surface area contributed by atoms with Crippen molar-refractivity contribution in [2.45, 2.75) is 12.8 Å². The number of likely N-dealkylation sites (N-methyl/N-ethyl adjacent to an activating group) is 1. The molecule has 0 aliphatic carbocycles. The van der Waals surface area contributed by atoms with Gasteiger partial charge in [0.1, 0.15) is 11.3 Å². The summed E-state index contributed by atoms with van der Waals surface area (Å²) in [6.45, 7) is 1.75. The minimum Gasteiger partial charge on any atom is -0.461 e. The summed E-state index contributed by atoms with van der Waals surface area (Å²) in [4.78, 5) is 7.93. The normalized spacial score (nSPS) is 11.8. The van der Waals surface area contributed by atoms with Crippen molar-refractivity contribution in [3.8, 4) is 0 Å². The fourth-order valence-electron chi connectivity index (χ4n) is 2.68. The number of thiophene rings is 1. The second-order valence-electron chi connectivity index (χ2n) is 5.73. The maximum absolute atomic E-state index is 5.85. The minimum absolute atomic E-state index is 0.801.